The van der Waals surface area contributed by atoms with Crippen molar-refractivity contribution in [2.75, 3.05) is 18.5 Å². The van der Waals surface area contributed by atoms with Gasteiger partial charge in [-0.1, -0.05) is 25.1 Å². The van der Waals surface area contributed by atoms with Crippen molar-refractivity contribution in [2.45, 2.75) is 56.5 Å². The number of fused-ring (bicyclic) bond motifs is 1. The Kier molecular flexibility index (Phi) is 2.66. The molecular formula is C20H24N2O2. The van der Waals surface area contributed by atoms with Crippen molar-refractivity contribution in [1.29, 1.82) is 0 Å². The molecule has 4 atom stereocenters. The third-order valence-corrected chi connectivity index (χ3v) is 7.50. The first kappa shape index (κ1) is 14.5. The van der Waals surface area contributed by atoms with Crippen molar-refractivity contribution in [3.05, 3.63) is 29.8 Å². The van der Waals surface area contributed by atoms with E-state index in [-0.39, 0.29) is 22.9 Å². The van der Waals surface area contributed by atoms with Crippen molar-refractivity contribution < 1.29 is 9.59 Å². The number of likely N-dealkylation sites (N-methyl/N-ethyl adjacent to an activating group) is 1. The lowest BCUT2D eigenvalue weighted by molar-refractivity contribution is -0.151. The minimum atomic E-state index is -0.202. The summed E-state index contributed by atoms with van der Waals surface area (Å²) in [7, 11) is 2.06. The van der Waals surface area contributed by atoms with Crippen LogP contribution in [0.2, 0.25) is 0 Å². The summed E-state index contributed by atoms with van der Waals surface area (Å²) in [6.07, 6.45) is 4.00. The molecule has 5 rings (SSSR count). The van der Waals surface area contributed by atoms with Crippen LogP contribution in [0.25, 0.3) is 0 Å². The van der Waals surface area contributed by atoms with Crippen LogP contribution in [0.15, 0.2) is 24.3 Å². The molecule has 1 saturated carbocycles. The number of hydrogen-bond donors (Lipinski definition) is 0. The fraction of sp³-hybridized carbons (Fsp3) is 0.600. The number of carbonyl (C=O) groups excluding carboxylic acids is 2. The number of hydrogen-bond acceptors (Lipinski definition) is 3. The van der Waals surface area contributed by atoms with E-state index in [1.165, 1.54) is 11.3 Å². The predicted molar refractivity (Wildman–Crippen MR) is 92.0 cm³/mol. The number of rotatable bonds is 1. The Morgan fingerprint density at radius 2 is 2.00 bits per heavy atom. The lowest BCUT2D eigenvalue weighted by atomic mass is 9.52. The monoisotopic (exact) mass is 324 g/mol. The molecule has 0 N–H and O–H groups in total. The summed E-state index contributed by atoms with van der Waals surface area (Å²) in [6, 6.07) is 8.56. The minimum absolute atomic E-state index is 0.0315. The molecule has 1 aliphatic carbocycles. The van der Waals surface area contributed by atoms with E-state index < -0.39 is 0 Å². The summed E-state index contributed by atoms with van der Waals surface area (Å²) in [5.74, 6) is 0.670. The van der Waals surface area contributed by atoms with Gasteiger partial charge in [0.15, 0.2) is 5.78 Å². The molecule has 1 aromatic carbocycles. The van der Waals surface area contributed by atoms with Crippen LogP contribution in [0.4, 0.5) is 5.69 Å². The standard InChI is InChI=1S/C20H24N2O2/c1-3-19-9-8-16(24)22-11-10-20(18(19)22)13-6-4-5-7-14(13)21(2)17(20)15(23)12-19/h4-7,17-18H,3,8-12H2,1-2H3/t17-,18-,19-,20-/m0/s1. The van der Waals surface area contributed by atoms with Gasteiger partial charge in [-0.05, 0) is 36.3 Å². The fourth-order valence-corrected chi connectivity index (χ4v) is 6.63. The summed E-state index contributed by atoms with van der Waals surface area (Å²) in [6.45, 7) is 3.01. The van der Waals surface area contributed by atoms with Gasteiger partial charge in [0.25, 0.3) is 0 Å². The molecule has 1 aromatic rings. The normalized spacial score (nSPS) is 39.8. The van der Waals surface area contributed by atoms with Crippen LogP contribution >= 0.6 is 0 Å². The number of carbonyl (C=O) groups is 2. The highest BCUT2D eigenvalue weighted by molar-refractivity contribution is 5.96. The second-order valence-corrected chi connectivity index (χ2v) is 8.17. The number of anilines is 1. The van der Waals surface area contributed by atoms with E-state index in [1.807, 2.05) is 0 Å². The molecule has 2 saturated heterocycles. The molecule has 0 unspecified atom stereocenters. The maximum absolute atomic E-state index is 13.3. The minimum Gasteiger partial charge on any atom is -0.363 e. The van der Waals surface area contributed by atoms with Gasteiger partial charge in [-0.3, -0.25) is 9.59 Å². The zero-order valence-corrected chi connectivity index (χ0v) is 14.4. The molecule has 3 fully saturated rings. The van der Waals surface area contributed by atoms with Crippen LogP contribution in [-0.4, -0.2) is 42.3 Å². The molecule has 4 heteroatoms. The molecule has 24 heavy (non-hydrogen) atoms. The molecule has 126 valence electrons. The van der Waals surface area contributed by atoms with Crippen molar-refractivity contribution >= 4 is 17.4 Å². The molecule has 3 heterocycles. The number of amides is 1. The average molecular weight is 324 g/mol. The third-order valence-electron chi connectivity index (χ3n) is 7.50. The third kappa shape index (κ3) is 1.38. The molecular weight excluding hydrogens is 300 g/mol. The Hall–Kier alpha value is -1.84. The molecule has 4 aliphatic rings. The van der Waals surface area contributed by atoms with E-state index in [4.69, 9.17) is 0 Å². The van der Waals surface area contributed by atoms with Crippen LogP contribution in [0.5, 0.6) is 0 Å². The lowest BCUT2D eigenvalue weighted by Gasteiger charge is -2.57. The van der Waals surface area contributed by atoms with Gasteiger partial charge in [-0.2, -0.15) is 0 Å². The van der Waals surface area contributed by atoms with Gasteiger partial charge in [0, 0.05) is 43.6 Å². The maximum atomic E-state index is 13.3. The van der Waals surface area contributed by atoms with Gasteiger partial charge in [0.2, 0.25) is 5.91 Å². The van der Waals surface area contributed by atoms with E-state index >= 15 is 0 Å². The van der Waals surface area contributed by atoms with Crippen molar-refractivity contribution in [2.24, 2.45) is 5.41 Å². The van der Waals surface area contributed by atoms with E-state index in [0.29, 0.717) is 24.5 Å². The highest BCUT2D eigenvalue weighted by Crippen LogP contribution is 2.64. The molecule has 0 radical (unpaired) electrons. The van der Waals surface area contributed by atoms with E-state index in [2.05, 4.69) is 48.0 Å². The molecule has 1 amide bonds. The molecule has 0 bridgehead atoms. The molecule has 3 aliphatic heterocycles. The number of nitrogens with zero attached hydrogens (tertiary/aromatic N) is 2. The second-order valence-electron chi connectivity index (χ2n) is 8.17. The van der Waals surface area contributed by atoms with Crippen molar-refractivity contribution in [3.63, 3.8) is 0 Å². The Morgan fingerprint density at radius 1 is 1.21 bits per heavy atom. The largest absolute Gasteiger partial charge is 0.363 e. The zero-order valence-electron chi connectivity index (χ0n) is 14.4. The van der Waals surface area contributed by atoms with Gasteiger partial charge in [-0.15, -0.1) is 0 Å². The van der Waals surface area contributed by atoms with Crippen molar-refractivity contribution in [3.8, 4) is 0 Å². The quantitative estimate of drug-likeness (QED) is 0.797. The molecule has 0 aromatic heterocycles. The Labute approximate surface area is 142 Å². The van der Waals surface area contributed by atoms with Crippen LogP contribution in [0.3, 0.4) is 0 Å². The molecule has 1 spiro atoms. The Balaban J connectivity index is 1.80. The summed E-state index contributed by atoms with van der Waals surface area (Å²) in [5.41, 5.74) is 2.25. The van der Waals surface area contributed by atoms with Gasteiger partial charge in [0.1, 0.15) is 0 Å². The van der Waals surface area contributed by atoms with Gasteiger partial charge < -0.3 is 9.80 Å². The van der Waals surface area contributed by atoms with Gasteiger partial charge in [0.05, 0.1) is 6.04 Å². The van der Waals surface area contributed by atoms with E-state index in [1.54, 1.807) is 0 Å². The van der Waals surface area contributed by atoms with Crippen LogP contribution < -0.4 is 4.90 Å². The summed E-state index contributed by atoms with van der Waals surface area (Å²) >= 11 is 0. The summed E-state index contributed by atoms with van der Waals surface area (Å²) in [4.78, 5) is 30.3. The first-order chi connectivity index (χ1) is 11.5. The van der Waals surface area contributed by atoms with Crippen LogP contribution in [0, 0.1) is 5.41 Å². The zero-order chi connectivity index (χ0) is 16.7. The Bertz CT molecular complexity index is 760. The number of benzene rings is 1. The maximum Gasteiger partial charge on any atom is 0.222 e. The fourth-order valence-electron chi connectivity index (χ4n) is 6.63. The number of piperidine rings is 1. The highest BCUT2D eigenvalue weighted by Gasteiger charge is 2.71. The summed E-state index contributed by atoms with van der Waals surface area (Å²) in [5, 5.41) is 0. The number of Topliss-reactive ketones (excluding diaryl/α,β-unsaturated/α-hetero) is 1. The van der Waals surface area contributed by atoms with Gasteiger partial charge in [-0.25, -0.2) is 0 Å². The first-order valence-electron chi connectivity index (χ1n) is 9.20. The van der Waals surface area contributed by atoms with E-state index in [9.17, 15) is 9.59 Å². The lowest BCUT2D eigenvalue weighted by Crippen LogP contribution is -2.68. The van der Waals surface area contributed by atoms with Gasteiger partial charge >= 0.3 is 0 Å². The van der Waals surface area contributed by atoms with Crippen molar-refractivity contribution in [1.82, 2.24) is 4.90 Å². The smallest absolute Gasteiger partial charge is 0.222 e. The number of para-hydroxylation sites is 1. The second kappa shape index (κ2) is 4.41. The molecule has 4 nitrogen and oxygen atoms in total. The SMILES string of the molecule is CC[C@]12CCC(=O)N3CC[C@@]4(c5ccccc5N(C)[C@H]4C(=O)C1)[C@@H]32. The summed E-state index contributed by atoms with van der Waals surface area (Å²) < 4.78 is 0. The first-order valence-corrected chi connectivity index (χ1v) is 9.20. The number of ketones is 1. The van der Waals surface area contributed by atoms with Crippen LogP contribution in [-0.2, 0) is 15.0 Å². The predicted octanol–water partition coefficient (Wildman–Crippen LogP) is 2.51. The average Bonchev–Trinajstić information content (AvgIpc) is 3.11. The Morgan fingerprint density at radius 3 is 2.79 bits per heavy atom. The van der Waals surface area contributed by atoms with E-state index in [0.717, 1.165) is 25.8 Å². The van der Waals surface area contributed by atoms with Crippen LogP contribution in [0.1, 0.15) is 44.6 Å². The highest BCUT2D eigenvalue weighted by atomic mass is 16.2. The topological polar surface area (TPSA) is 40.6 Å².